The number of nitrogens with one attached hydrogen (secondary N) is 1. The third-order valence-corrected chi connectivity index (χ3v) is 4.02. The predicted octanol–water partition coefficient (Wildman–Crippen LogP) is 0.166. The molecule has 11 heteroatoms. The van der Waals surface area contributed by atoms with Crippen LogP contribution in [0.4, 0.5) is 10.5 Å². The Balaban J connectivity index is 1.97. The molecule has 0 aliphatic carbocycles. The molecule has 0 radical (unpaired) electrons. The summed E-state index contributed by atoms with van der Waals surface area (Å²) in [5.41, 5.74) is 0.327. The molecule has 1 fully saturated rings. The van der Waals surface area contributed by atoms with E-state index < -0.39 is 36.2 Å². The quantitative estimate of drug-likeness (QED) is 0.541. The summed E-state index contributed by atoms with van der Waals surface area (Å²) in [7, 11) is 3.90. The van der Waals surface area contributed by atoms with Crippen LogP contribution in [0.2, 0.25) is 5.02 Å². The van der Waals surface area contributed by atoms with Gasteiger partial charge in [-0.15, -0.1) is 0 Å². The molecule has 0 atom stereocenters. The van der Waals surface area contributed by atoms with Crippen molar-refractivity contribution in [2.24, 2.45) is 0 Å². The van der Waals surface area contributed by atoms with Gasteiger partial charge in [0.1, 0.15) is 12.3 Å². The number of ether oxygens (including phenoxy) is 1. The van der Waals surface area contributed by atoms with Gasteiger partial charge in [-0.05, 0) is 18.2 Å². The van der Waals surface area contributed by atoms with Crippen LogP contribution in [0.1, 0.15) is 0 Å². The van der Waals surface area contributed by atoms with Crippen LogP contribution in [0.5, 0.6) is 5.75 Å². The number of hydrogen-bond acceptors (Lipinski definition) is 6. The summed E-state index contributed by atoms with van der Waals surface area (Å²) in [5, 5.41) is 2.95. The third kappa shape index (κ3) is 4.34. The summed E-state index contributed by atoms with van der Waals surface area (Å²) in [4.78, 5) is 61.4. The molecule has 1 N–H and O–H groups in total. The number of rotatable bonds is 6. The van der Waals surface area contributed by atoms with E-state index in [1.165, 1.54) is 20.2 Å². The molecule has 2 rings (SSSR count). The number of anilines is 1. The van der Waals surface area contributed by atoms with Gasteiger partial charge in [0.15, 0.2) is 0 Å². The summed E-state index contributed by atoms with van der Waals surface area (Å²) in [6.45, 7) is -0.994. The van der Waals surface area contributed by atoms with Crippen molar-refractivity contribution < 1.29 is 28.7 Å². The minimum atomic E-state index is -1.09. The lowest BCUT2D eigenvalue weighted by Gasteiger charge is -2.20. The van der Waals surface area contributed by atoms with Crippen LogP contribution in [-0.2, 0) is 19.2 Å². The second-order valence-electron chi connectivity index (χ2n) is 5.68. The molecule has 0 bridgehead atoms. The Hall–Kier alpha value is -3.14. The Bertz CT molecular complexity index is 827. The average Bonchev–Trinajstić information content (AvgIpc) is 2.79. The van der Waals surface area contributed by atoms with E-state index >= 15 is 0 Å². The van der Waals surface area contributed by atoms with Crippen molar-refractivity contribution in [1.82, 2.24) is 14.7 Å². The first-order valence-electron chi connectivity index (χ1n) is 7.66. The van der Waals surface area contributed by atoms with Crippen LogP contribution in [0.25, 0.3) is 0 Å². The molecule has 6 amide bonds. The number of hydrogen-bond donors (Lipinski definition) is 1. The number of carbonyl (C=O) groups excluding carboxylic acids is 5. The number of urea groups is 1. The lowest BCUT2D eigenvalue weighted by atomic mass is 10.3. The molecule has 1 aliphatic rings. The van der Waals surface area contributed by atoms with E-state index in [9.17, 15) is 24.0 Å². The predicted molar refractivity (Wildman–Crippen MR) is 94.1 cm³/mol. The van der Waals surface area contributed by atoms with Gasteiger partial charge in [0.25, 0.3) is 0 Å². The van der Waals surface area contributed by atoms with E-state index in [0.29, 0.717) is 26.3 Å². The second kappa shape index (κ2) is 8.04. The summed E-state index contributed by atoms with van der Waals surface area (Å²) >= 11 is 5.89. The maximum Gasteiger partial charge on any atom is 0.334 e. The van der Waals surface area contributed by atoms with Crippen LogP contribution < -0.4 is 10.1 Å². The third-order valence-electron chi connectivity index (χ3n) is 3.79. The minimum absolute atomic E-state index is 0.327. The van der Waals surface area contributed by atoms with Crippen molar-refractivity contribution in [3.63, 3.8) is 0 Å². The standard InChI is InChI=1S/C16H17ClN4O6/c1-19(13(23)8-21-15(25)14(24)20(2)16(21)26)7-12(22)18-10-6-9(17)4-5-11(10)27-3/h4-6H,7-8H2,1-3H3,(H,18,22). The van der Waals surface area contributed by atoms with E-state index in [4.69, 9.17) is 16.3 Å². The van der Waals surface area contributed by atoms with Gasteiger partial charge >= 0.3 is 17.8 Å². The van der Waals surface area contributed by atoms with Gasteiger partial charge < -0.3 is 15.0 Å². The number of likely N-dealkylation sites (N-methyl/N-ethyl adjacent to an activating group) is 2. The molecule has 0 spiro atoms. The molecular weight excluding hydrogens is 380 g/mol. The first-order valence-corrected chi connectivity index (χ1v) is 8.04. The number of benzene rings is 1. The zero-order valence-corrected chi connectivity index (χ0v) is 15.6. The first-order chi connectivity index (χ1) is 12.6. The van der Waals surface area contributed by atoms with Crippen molar-refractivity contribution in [2.45, 2.75) is 0 Å². The average molecular weight is 397 g/mol. The number of nitrogens with zero attached hydrogens (tertiary/aromatic N) is 3. The van der Waals surface area contributed by atoms with Gasteiger partial charge in [0, 0.05) is 19.1 Å². The Morgan fingerprint density at radius 2 is 1.89 bits per heavy atom. The van der Waals surface area contributed by atoms with Crippen molar-refractivity contribution >= 4 is 46.9 Å². The van der Waals surface area contributed by atoms with E-state index in [1.54, 1.807) is 12.1 Å². The minimum Gasteiger partial charge on any atom is -0.495 e. The maximum absolute atomic E-state index is 12.2. The van der Waals surface area contributed by atoms with E-state index in [2.05, 4.69) is 5.32 Å². The van der Waals surface area contributed by atoms with Crippen LogP contribution >= 0.6 is 11.6 Å². The molecule has 10 nitrogen and oxygen atoms in total. The second-order valence-corrected chi connectivity index (χ2v) is 6.12. The first kappa shape index (κ1) is 20.2. The SMILES string of the molecule is COc1ccc(Cl)cc1NC(=O)CN(C)C(=O)CN1C(=O)C(=O)N(C)C1=O. The smallest absolute Gasteiger partial charge is 0.334 e. The summed E-state index contributed by atoms with van der Waals surface area (Å²) < 4.78 is 5.11. The molecule has 1 aromatic carbocycles. The Morgan fingerprint density at radius 1 is 1.22 bits per heavy atom. The van der Waals surface area contributed by atoms with Gasteiger partial charge in [-0.3, -0.25) is 24.1 Å². The zero-order chi connectivity index (χ0) is 20.3. The fraction of sp³-hybridized carbons (Fsp3) is 0.312. The number of halogens is 1. The highest BCUT2D eigenvalue weighted by atomic mass is 35.5. The maximum atomic E-state index is 12.2. The molecule has 1 saturated heterocycles. The molecule has 0 unspecified atom stereocenters. The highest BCUT2D eigenvalue weighted by molar-refractivity contribution is 6.44. The number of amides is 6. The van der Waals surface area contributed by atoms with Crippen LogP contribution in [0, 0.1) is 0 Å². The normalized spacial score (nSPS) is 13.9. The summed E-state index contributed by atoms with van der Waals surface area (Å²) in [5.74, 6) is -2.94. The number of carbonyl (C=O) groups is 5. The van der Waals surface area contributed by atoms with E-state index in [1.807, 2.05) is 0 Å². The van der Waals surface area contributed by atoms with Gasteiger partial charge in [-0.1, -0.05) is 11.6 Å². The fourth-order valence-electron chi connectivity index (χ4n) is 2.28. The Kier molecular flexibility index (Phi) is 6.01. The Labute approximate surface area is 159 Å². The van der Waals surface area contributed by atoms with Crippen LogP contribution in [0.3, 0.4) is 0 Å². The number of imide groups is 2. The van der Waals surface area contributed by atoms with Crippen LogP contribution in [-0.4, -0.2) is 78.7 Å². The van der Waals surface area contributed by atoms with E-state index in [-0.39, 0.29) is 6.54 Å². The zero-order valence-electron chi connectivity index (χ0n) is 14.8. The van der Waals surface area contributed by atoms with Crippen molar-refractivity contribution in [2.75, 3.05) is 39.6 Å². The summed E-state index contributed by atoms with van der Waals surface area (Å²) in [6.07, 6.45) is 0. The van der Waals surface area contributed by atoms with Crippen molar-refractivity contribution in [1.29, 1.82) is 0 Å². The molecule has 1 aliphatic heterocycles. The van der Waals surface area contributed by atoms with Gasteiger partial charge in [0.2, 0.25) is 11.8 Å². The van der Waals surface area contributed by atoms with Gasteiger partial charge in [0.05, 0.1) is 19.3 Å². The molecule has 1 heterocycles. The number of methoxy groups -OCH3 is 1. The lowest BCUT2D eigenvalue weighted by molar-refractivity contribution is -0.144. The van der Waals surface area contributed by atoms with E-state index in [0.717, 1.165) is 11.9 Å². The molecular formula is C16H17ClN4O6. The molecule has 1 aromatic rings. The van der Waals surface area contributed by atoms with Gasteiger partial charge in [-0.25, -0.2) is 9.69 Å². The van der Waals surface area contributed by atoms with Crippen molar-refractivity contribution in [3.05, 3.63) is 23.2 Å². The molecule has 0 saturated carbocycles. The monoisotopic (exact) mass is 396 g/mol. The molecule has 27 heavy (non-hydrogen) atoms. The fourth-order valence-corrected chi connectivity index (χ4v) is 2.45. The molecule has 0 aromatic heterocycles. The highest BCUT2D eigenvalue weighted by Crippen LogP contribution is 2.27. The lowest BCUT2D eigenvalue weighted by Crippen LogP contribution is -2.44. The van der Waals surface area contributed by atoms with Crippen molar-refractivity contribution in [3.8, 4) is 5.75 Å². The van der Waals surface area contributed by atoms with Gasteiger partial charge in [-0.2, -0.15) is 0 Å². The Morgan fingerprint density at radius 3 is 2.44 bits per heavy atom. The topological polar surface area (TPSA) is 116 Å². The highest BCUT2D eigenvalue weighted by Gasteiger charge is 2.43. The largest absolute Gasteiger partial charge is 0.495 e. The molecule has 144 valence electrons. The summed E-state index contributed by atoms with van der Waals surface area (Å²) in [6, 6.07) is 3.77. The van der Waals surface area contributed by atoms with Crippen LogP contribution in [0.15, 0.2) is 18.2 Å².